The first-order valence-electron chi connectivity index (χ1n) is 4.45. The zero-order chi connectivity index (χ0) is 11.4. The molecule has 1 aromatic carbocycles. The summed E-state index contributed by atoms with van der Waals surface area (Å²) in [6.45, 7) is 1.78. The van der Waals surface area contributed by atoms with Crippen LogP contribution >= 0.6 is 0 Å². The van der Waals surface area contributed by atoms with Crippen molar-refractivity contribution in [2.24, 2.45) is 0 Å². The Labute approximate surface area is 86.3 Å². The smallest absolute Gasteiger partial charge is 0.182 e. The molecule has 0 aliphatic rings. The van der Waals surface area contributed by atoms with Crippen molar-refractivity contribution in [2.75, 3.05) is 5.32 Å². The topological polar surface area (TPSA) is 12.0 Å². The maximum Gasteiger partial charge on any atom is 0.182 e. The molecule has 0 aromatic heterocycles. The van der Waals surface area contributed by atoms with Crippen LogP contribution in [-0.4, -0.2) is 6.04 Å². The number of rotatable bonds is 3. The molecule has 0 bridgehead atoms. The highest BCUT2D eigenvalue weighted by atomic mass is 19.2. The standard InChI is InChI=1S/C11H10F3N/c1-3-8(4-2)15-10-6-7(12)5-9(13)11(10)14/h1,5-6,8,15H,4H2,2H3. The Morgan fingerprint density at radius 1 is 1.40 bits per heavy atom. The molecule has 4 heteroatoms. The summed E-state index contributed by atoms with van der Waals surface area (Å²) < 4.78 is 38.7. The van der Waals surface area contributed by atoms with Crippen LogP contribution in [0, 0.1) is 29.8 Å². The lowest BCUT2D eigenvalue weighted by Crippen LogP contribution is -2.17. The molecule has 0 amide bonds. The molecule has 1 N–H and O–H groups in total. The molecule has 0 saturated carbocycles. The fourth-order valence-electron chi connectivity index (χ4n) is 1.11. The molecule has 80 valence electrons. The van der Waals surface area contributed by atoms with E-state index in [1.54, 1.807) is 6.92 Å². The van der Waals surface area contributed by atoms with Gasteiger partial charge in [0.15, 0.2) is 11.6 Å². The Morgan fingerprint density at radius 2 is 2.07 bits per heavy atom. The molecule has 0 heterocycles. The van der Waals surface area contributed by atoms with Crippen LogP contribution in [-0.2, 0) is 0 Å². The summed E-state index contributed by atoms with van der Waals surface area (Å²) in [5, 5.41) is 2.54. The van der Waals surface area contributed by atoms with Crippen molar-refractivity contribution in [3.63, 3.8) is 0 Å². The molecule has 1 atom stereocenters. The van der Waals surface area contributed by atoms with Gasteiger partial charge in [0.2, 0.25) is 0 Å². The van der Waals surface area contributed by atoms with E-state index in [1.807, 2.05) is 0 Å². The molecule has 1 unspecified atom stereocenters. The summed E-state index contributed by atoms with van der Waals surface area (Å²) in [6.07, 6.45) is 5.67. The summed E-state index contributed by atoms with van der Waals surface area (Å²) in [5.74, 6) is -0.853. The number of nitrogens with one attached hydrogen (secondary N) is 1. The fourth-order valence-corrected chi connectivity index (χ4v) is 1.11. The Morgan fingerprint density at radius 3 is 2.60 bits per heavy atom. The highest BCUT2D eigenvalue weighted by molar-refractivity contribution is 5.47. The van der Waals surface area contributed by atoms with Gasteiger partial charge in [0, 0.05) is 12.1 Å². The molecular weight excluding hydrogens is 203 g/mol. The zero-order valence-electron chi connectivity index (χ0n) is 8.15. The van der Waals surface area contributed by atoms with Gasteiger partial charge in [0.05, 0.1) is 11.7 Å². The molecular formula is C11H10F3N. The van der Waals surface area contributed by atoms with Crippen LogP contribution < -0.4 is 5.32 Å². The average molecular weight is 213 g/mol. The minimum absolute atomic E-state index is 0.252. The van der Waals surface area contributed by atoms with Crippen LogP contribution in [0.15, 0.2) is 12.1 Å². The van der Waals surface area contributed by atoms with Crippen molar-refractivity contribution >= 4 is 5.69 Å². The lowest BCUT2D eigenvalue weighted by molar-refractivity contribution is 0.497. The second-order valence-corrected chi connectivity index (χ2v) is 3.02. The fraction of sp³-hybridized carbons (Fsp3) is 0.273. The van der Waals surface area contributed by atoms with E-state index in [0.717, 1.165) is 6.07 Å². The van der Waals surface area contributed by atoms with Gasteiger partial charge in [0.25, 0.3) is 0 Å². The van der Waals surface area contributed by atoms with Crippen LogP contribution in [0.3, 0.4) is 0 Å². The van der Waals surface area contributed by atoms with E-state index in [4.69, 9.17) is 6.42 Å². The molecule has 1 aromatic rings. The maximum absolute atomic E-state index is 13.1. The van der Waals surface area contributed by atoms with Crippen LogP contribution in [0.4, 0.5) is 18.9 Å². The quantitative estimate of drug-likeness (QED) is 0.601. The van der Waals surface area contributed by atoms with E-state index in [-0.39, 0.29) is 5.69 Å². The monoisotopic (exact) mass is 213 g/mol. The average Bonchev–Trinajstić information content (AvgIpc) is 2.21. The molecule has 15 heavy (non-hydrogen) atoms. The van der Waals surface area contributed by atoms with Crippen molar-refractivity contribution < 1.29 is 13.2 Å². The van der Waals surface area contributed by atoms with Gasteiger partial charge < -0.3 is 5.32 Å². The summed E-state index contributed by atoms with van der Waals surface area (Å²) in [5.41, 5.74) is -0.252. The second-order valence-electron chi connectivity index (χ2n) is 3.02. The minimum atomic E-state index is -1.23. The molecule has 1 rings (SSSR count). The second kappa shape index (κ2) is 4.74. The van der Waals surface area contributed by atoms with E-state index >= 15 is 0 Å². The normalized spacial score (nSPS) is 11.9. The Hall–Kier alpha value is -1.63. The molecule has 0 aliphatic heterocycles. The van der Waals surface area contributed by atoms with E-state index < -0.39 is 23.5 Å². The maximum atomic E-state index is 13.1. The minimum Gasteiger partial charge on any atom is -0.369 e. The SMILES string of the molecule is C#CC(CC)Nc1cc(F)cc(F)c1F. The predicted molar refractivity (Wildman–Crippen MR) is 52.9 cm³/mol. The number of hydrogen-bond donors (Lipinski definition) is 1. The van der Waals surface area contributed by atoms with E-state index in [1.165, 1.54) is 0 Å². The molecule has 0 saturated heterocycles. The zero-order valence-corrected chi connectivity index (χ0v) is 8.15. The lowest BCUT2D eigenvalue weighted by Gasteiger charge is -2.13. The van der Waals surface area contributed by atoms with Crippen LogP contribution in [0.5, 0.6) is 0 Å². The van der Waals surface area contributed by atoms with Crippen molar-refractivity contribution in [2.45, 2.75) is 19.4 Å². The third kappa shape index (κ3) is 2.66. The predicted octanol–water partition coefficient (Wildman–Crippen LogP) is 2.93. The summed E-state index contributed by atoms with van der Waals surface area (Å²) in [7, 11) is 0. The summed E-state index contributed by atoms with van der Waals surface area (Å²) in [6, 6.07) is 0.913. The number of halogens is 3. The number of benzene rings is 1. The number of hydrogen-bond acceptors (Lipinski definition) is 1. The van der Waals surface area contributed by atoms with Crippen LogP contribution in [0.2, 0.25) is 0 Å². The largest absolute Gasteiger partial charge is 0.369 e. The first-order valence-corrected chi connectivity index (χ1v) is 4.45. The van der Waals surface area contributed by atoms with Gasteiger partial charge in [-0.25, -0.2) is 13.2 Å². The summed E-state index contributed by atoms with van der Waals surface area (Å²) >= 11 is 0. The van der Waals surface area contributed by atoms with Gasteiger partial charge >= 0.3 is 0 Å². The van der Waals surface area contributed by atoms with Gasteiger partial charge in [-0.1, -0.05) is 12.8 Å². The molecule has 0 spiro atoms. The third-order valence-corrected chi connectivity index (χ3v) is 1.93. The Bertz CT molecular complexity index is 396. The summed E-state index contributed by atoms with van der Waals surface area (Å²) in [4.78, 5) is 0. The number of terminal acetylenes is 1. The van der Waals surface area contributed by atoms with Gasteiger partial charge in [-0.05, 0) is 6.42 Å². The third-order valence-electron chi connectivity index (χ3n) is 1.93. The number of anilines is 1. The first kappa shape index (κ1) is 11.4. The van der Waals surface area contributed by atoms with Crippen LogP contribution in [0.25, 0.3) is 0 Å². The van der Waals surface area contributed by atoms with Gasteiger partial charge in [0.1, 0.15) is 5.82 Å². The molecule has 0 aliphatic carbocycles. The van der Waals surface area contributed by atoms with Crippen molar-refractivity contribution in [1.29, 1.82) is 0 Å². The Balaban J connectivity index is 3.00. The molecule has 0 radical (unpaired) electrons. The highest BCUT2D eigenvalue weighted by Crippen LogP contribution is 2.20. The Kier molecular flexibility index (Phi) is 3.62. The van der Waals surface area contributed by atoms with E-state index in [9.17, 15) is 13.2 Å². The molecule has 0 fully saturated rings. The van der Waals surface area contributed by atoms with Crippen molar-refractivity contribution in [3.8, 4) is 12.3 Å². The van der Waals surface area contributed by atoms with Gasteiger partial charge in [-0.15, -0.1) is 6.42 Å². The van der Waals surface area contributed by atoms with Gasteiger partial charge in [-0.2, -0.15) is 0 Å². The van der Waals surface area contributed by atoms with Crippen LogP contribution in [0.1, 0.15) is 13.3 Å². The van der Waals surface area contributed by atoms with Crippen molar-refractivity contribution in [3.05, 3.63) is 29.6 Å². The first-order chi connectivity index (χ1) is 7.08. The molecule has 1 nitrogen and oxygen atoms in total. The van der Waals surface area contributed by atoms with Gasteiger partial charge in [-0.3, -0.25) is 0 Å². The highest BCUT2D eigenvalue weighted by Gasteiger charge is 2.12. The van der Waals surface area contributed by atoms with E-state index in [0.29, 0.717) is 12.5 Å². The van der Waals surface area contributed by atoms with Crippen molar-refractivity contribution in [1.82, 2.24) is 0 Å². The van der Waals surface area contributed by atoms with E-state index in [2.05, 4.69) is 11.2 Å². The lowest BCUT2D eigenvalue weighted by atomic mass is 10.2.